The Labute approximate surface area is 98.6 Å². The van der Waals surface area contributed by atoms with Crippen molar-refractivity contribution in [3.8, 4) is 0 Å². The van der Waals surface area contributed by atoms with Gasteiger partial charge in [-0.3, -0.25) is 14.6 Å². The number of nitrogen functional groups attached to an aromatic ring is 1. The highest BCUT2D eigenvalue weighted by Gasteiger charge is 2.16. The highest BCUT2D eigenvalue weighted by Crippen LogP contribution is 2.14. The molecular formula is C8H14N4O4S. The van der Waals surface area contributed by atoms with Crippen molar-refractivity contribution in [3.63, 3.8) is 0 Å². The Kier molecular flexibility index (Phi) is 4.32. The van der Waals surface area contributed by atoms with Gasteiger partial charge in [0, 0.05) is 0 Å². The molecule has 1 heterocycles. The summed E-state index contributed by atoms with van der Waals surface area (Å²) in [6.45, 7) is 1.87. The number of nitrogens with one attached hydrogen (secondary N) is 2. The first-order valence-electron chi connectivity index (χ1n) is 4.89. The standard InChI is InChI=1S/C8H14N4O4S/c1-2-16-7(13)3-4-17(14,15)12-8-6(9)5-10-11-8/h5H,2-4,9H2,1H3,(H2,10,11,12). The smallest absolute Gasteiger partial charge is 0.306 e. The number of aromatic nitrogens is 2. The molecule has 0 aliphatic carbocycles. The van der Waals surface area contributed by atoms with Gasteiger partial charge in [-0.15, -0.1) is 0 Å². The number of ether oxygens (including phenoxy) is 1. The summed E-state index contributed by atoms with van der Waals surface area (Å²) in [5.41, 5.74) is 5.62. The van der Waals surface area contributed by atoms with E-state index in [0.29, 0.717) is 0 Å². The monoisotopic (exact) mass is 262 g/mol. The molecular weight excluding hydrogens is 248 g/mol. The van der Waals surface area contributed by atoms with Crippen molar-refractivity contribution in [3.05, 3.63) is 6.20 Å². The number of aromatic amines is 1. The number of anilines is 2. The van der Waals surface area contributed by atoms with Crippen LogP contribution in [-0.2, 0) is 19.6 Å². The van der Waals surface area contributed by atoms with Gasteiger partial charge in [-0.05, 0) is 6.92 Å². The molecule has 0 unspecified atom stereocenters. The Hall–Kier alpha value is -1.77. The average Bonchev–Trinajstić information content (AvgIpc) is 2.62. The van der Waals surface area contributed by atoms with Crippen molar-refractivity contribution in [1.29, 1.82) is 0 Å². The molecule has 0 saturated carbocycles. The van der Waals surface area contributed by atoms with E-state index in [9.17, 15) is 13.2 Å². The molecule has 0 spiro atoms. The number of nitrogens with two attached hydrogens (primary N) is 1. The van der Waals surface area contributed by atoms with Gasteiger partial charge in [-0.2, -0.15) is 5.10 Å². The first-order valence-corrected chi connectivity index (χ1v) is 6.55. The molecule has 0 radical (unpaired) electrons. The summed E-state index contributed by atoms with van der Waals surface area (Å²) >= 11 is 0. The maximum Gasteiger partial charge on any atom is 0.306 e. The van der Waals surface area contributed by atoms with E-state index in [2.05, 4.69) is 19.7 Å². The fourth-order valence-corrected chi connectivity index (χ4v) is 2.05. The lowest BCUT2D eigenvalue weighted by Gasteiger charge is -2.06. The van der Waals surface area contributed by atoms with Crippen molar-refractivity contribution >= 4 is 27.5 Å². The van der Waals surface area contributed by atoms with E-state index in [-0.39, 0.29) is 30.3 Å². The Morgan fingerprint density at radius 2 is 2.35 bits per heavy atom. The number of hydrogen-bond donors (Lipinski definition) is 3. The van der Waals surface area contributed by atoms with Crippen LogP contribution in [0.15, 0.2) is 6.20 Å². The molecule has 0 aliphatic rings. The van der Waals surface area contributed by atoms with Gasteiger partial charge in [-0.25, -0.2) is 8.42 Å². The number of nitrogens with zero attached hydrogens (tertiary/aromatic N) is 1. The lowest BCUT2D eigenvalue weighted by Crippen LogP contribution is -2.20. The van der Waals surface area contributed by atoms with Crippen LogP contribution in [-0.4, -0.2) is 36.9 Å². The van der Waals surface area contributed by atoms with E-state index in [0.717, 1.165) is 0 Å². The van der Waals surface area contributed by atoms with E-state index in [1.807, 2.05) is 0 Å². The van der Waals surface area contributed by atoms with E-state index >= 15 is 0 Å². The third-order valence-corrected chi connectivity index (χ3v) is 3.06. The summed E-state index contributed by atoms with van der Waals surface area (Å²) in [5.74, 6) is -0.839. The molecule has 0 aliphatic heterocycles. The fourth-order valence-electron chi connectivity index (χ4n) is 1.03. The first-order chi connectivity index (χ1) is 7.94. The highest BCUT2D eigenvalue weighted by molar-refractivity contribution is 7.92. The molecule has 1 aromatic rings. The van der Waals surface area contributed by atoms with Crippen molar-refractivity contribution < 1.29 is 17.9 Å². The maximum absolute atomic E-state index is 11.5. The summed E-state index contributed by atoms with van der Waals surface area (Å²) in [7, 11) is -3.64. The Balaban J connectivity index is 2.53. The van der Waals surface area contributed by atoms with Gasteiger partial charge < -0.3 is 10.5 Å². The van der Waals surface area contributed by atoms with Crippen LogP contribution in [0.4, 0.5) is 11.5 Å². The van der Waals surface area contributed by atoms with Crippen molar-refractivity contribution in [1.82, 2.24) is 10.2 Å². The number of hydrogen-bond acceptors (Lipinski definition) is 6. The van der Waals surface area contributed by atoms with Gasteiger partial charge in [0.1, 0.15) is 0 Å². The molecule has 0 bridgehead atoms. The molecule has 9 heteroatoms. The Morgan fingerprint density at radius 1 is 1.65 bits per heavy atom. The molecule has 0 aromatic carbocycles. The first kappa shape index (κ1) is 13.3. The summed E-state index contributed by atoms with van der Waals surface area (Å²) in [6.07, 6.45) is 1.07. The van der Waals surface area contributed by atoms with Crippen molar-refractivity contribution in [2.24, 2.45) is 0 Å². The van der Waals surface area contributed by atoms with Crippen LogP contribution in [0, 0.1) is 0 Å². The Morgan fingerprint density at radius 3 is 2.88 bits per heavy atom. The average molecular weight is 262 g/mol. The van der Waals surface area contributed by atoms with Crippen LogP contribution < -0.4 is 10.5 Å². The number of carbonyl (C=O) groups excluding carboxylic acids is 1. The van der Waals surface area contributed by atoms with Gasteiger partial charge in [0.2, 0.25) is 10.0 Å². The number of rotatable bonds is 6. The Bertz CT molecular complexity index is 481. The maximum atomic E-state index is 11.5. The van der Waals surface area contributed by atoms with Gasteiger partial charge in [0.25, 0.3) is 0 Å². The number of H-pyrrole nitrogens is 1. The minimum absolute atomic E-state index is 0.0915. The van der Waals surface area contributed by atoms with Crippen molar-refractivity contribution in [2.45, 2.75) is 13.3 Å². The zero-order valence-corrected chi connectivity index (χ0v) is 10.1. The minimum Gasteiger partial charge on any atom is -0.466 e. The summed E-state index contributed by atoms with van der Waals surface area (Å²) in [6, 6.07) is 0. The topological polar surface area (TPSA) is 127 Å². The predicted molar refractivity (Wildman–Crippen MR) is 61.7 cm³/mol. The largest absolute Gasteiger partial charge is 0.466 e. The fraction of sp³-hybridized carbons (Fsp3) is 0.500. The lowest BCUT2D eigenvalue weighted by atomic mass is 10.5. The van der Waals surface area contributed by atoms with E-state index in [1.54, 1.807) is 6.92 Å². The molecule has 96 valence electrons. The van der Waals surface area contributed by atoms with Crippen LogP contribution in [0.1, 0.15) is 13.3 Å². The molecule has 1 aromatic heterocycles. The van der Waals surface area contributed by atoms with Crippen LogP contribution in [0.3, 0.4) is 0 Å². The van der Waals surface area contributed by atoms with E-state index in [4.69, 9.17) is 5.73 Å². The van der Waals surface area contributed by atoms with Crippen molar-refractivity contribution in [2.75, 3.05) is 22.8 Å². The van der Waals surface area contributed by atoms with Crippen LogP contribution in [0.5, 0.6) is 0 Å². The lowest BCUT2D eigenvalue weighted by molar-refractivity contribution is -0.142. The summed E-state index contributed by atoms with van der Waals surface area (Å²) < 4.78 is 29.9. The highest BCUT2D eigenvalue weighted by atomic mass is 32.2. The predicted octanol–water partition coefficient (Wildman–Crippen LogP) is -0.313. The van der Waals surface area contributed by atoms with Gasteiger partial charge in [-0.1, -0.05) is 0 Å². The molecule has 0 amide bonds. The second-order valence-electron chi connectivity index (χ2n) is 3.18. The summed E-state index contributed by atoms with van der Waals surface area (Å²) in [5, 5.41) is 5.95. The third kappa shape index (κ3) is 4.31. The van der Waals surface area contributed by atoms with Crippen LogP contribution >= 0.6 is 0 Å². The molecule has 0 atom stereocenters. The molecule has 1 rings (SSSR count). The van der Waals surface area contributed by atoms with Gasteiger partial charge >= 0.3 is 5.97 Å². The van der Waals surface area contributed by atoms with E-state index < -0.39 is 16.0 Å². The number of carbonyl (C=O) groups is 1. The van der Waals surface area contributed by atoms with E-state index in [1.165, 1.54) is 6.20 Å². The van der Waals surface area contributed by atoms with Gasteiger partial charge in [0.05, 0.1) is 30.7 Å². The zero-order chi connectivity index (χ0) is 12.9. The molecule has 0 fully saturated rings. The van der Waals surface area contributed by atoms with Crippen LogP contribution in [0.2, 0.25) is 0 Å². The normalized spacial score (nSPS) is 11.1. The zero-order valence-electron chi connectivity index (χ0n) is 9.26. The molecule has 0 saturated heterocycles. The second-order valence-corrected chi connectivity index (χ2v) is 5.02. The quantitative estimate of drug-likeness (QED) is 0.603. The number of sulfonamides is 1. The minimum atomic E-state index is -3.64. The van der Waals surface area contributed by atoms with Gasteiger partial charge in [0.15, 0.2) is 5.82 Å². The molecule has 17 heavy (non-hydrogen) atoms. The summed E-state index contributed by atoms with van der Waals surface area (Å²) in [4.78, 5) is 11.0. The molecule has 4 N–H and O–H groups in total. The SMILES string of the molecule is CCOC(=O)CCS(=O)(=O)Nc1[nH]ncc1N. The second kappa shape index (κ2) is 5.53. The van der Waals surface area contributed by atoms with Crippen LogP contribution in [0.25, 0.3) is 0 Å². The number of esters is 1. The molecule has 8 nitrogen and oxygen atoms in total. The third-order valence-electron chi connectivity index (χ3n) is 1.81.